The van der Waals surface area contributed by atoms with E-state index < -0.39 is 17.6 Å². The number of ether oxygens (including phenoxy) is 1. The monoisotopic (exact) mass is 290 g/mol. The number of amides is 1. The van der Waals surface area contributed by atoms with Gasteiger partial charge in [-0.1, -0.05) is 17.7 Å². The van der Waals surface area contributed by atoms with Crippen LogP contribution in [0.3, 0.4) is 0 Å². The van der Waals surface area contributed by atoms with E-state index in [1.54, 1.807) is 25.1 Å². The van der Waals surface area contributed by atoms with Gasteiger partial charge < -0.3 is 9.84 Å². The highest BCUT2D eigenvalue weighted by atomic mass is 16.5. The lowest BCUT2D eigenvalue weighted by Crippen LogP contribution is -2.43. The zero-order valence-electron chi connectivity index (χ0n) is 12.3. The largest absolute Gasteiger partial charge is 0.461 e. The van der Waals surface area contributed by atoms with Crippen LogP contribution in [0.4, 0.5) is 0 Å². The van der Waals surface area contributed by atoms with E-state index in [1.165, 1.54) is 6.92 Å². The van der Waals surface area contributed by atoms with Crippen molar-refractivity contribution in [2.75, 3.05) is 6.61 Å². The second-order valence-corrected chi connectivity index (χ2v) is 5.15. The molecule has 1 atom stereocenters. The predicted octanol–water partition coefficient (Wildman–Crippen LogP) is 1.47. The Kier molecular flexibility index (Phi) is 4.09. The van der Waals surface area contributed by atoms with E-state index in [0.29, 0.717) is 5.56 Å². The molecule has 1 aliphatic rings. The van der Waals surface area contributed by atoms with Crippen LogP contribution < -0.4 is 0 Å². The quantitative estimate of drug-likeness (QED) is 0.855. The highest BCUT2D eigenvalue weighted by molar-refractivity contribution is 6.37. The molecule has 0 saturated heterocycles. The smallest absolute Gasteiger partial charge is 0.354 e. The molecule has 0 aliphatic carbocycles. The zero-order chi connectivity index (χ0) is 15.6. The summed E-state index contributed by atoms with van der Waals surface area (Å²) in [5.41, 5.74) is -0.163. The summed E-state index contributed by atoms with van der Waals surface area (Å²) in [5, 5.41) is 15.2. The topological polar surface area (TPSA) is 79.2 Å². The van der Waals surface area contributed by atoms with Crippen molar-refractivity contribution in [1.29, 1.82) is 0 Å². The summed E-state index contributed by atoms with van der Waals surface area (Å²) in [6.45, 7) is 5.20. The third-order valence-corrected chi connectivity index (χ3v) is 3.15. The van der Waals surface area contributed by atoms with Crippen molar-refractivity contribution in [3.8, 4) is 0 Å². The SMILES string of the molecule is CCOC(=O)C1=NN(C(=O)c2cccc(C)c2)C(C)(O)C1. The van der Waals surface area contributed by atoms with Gasteiger partial charge in [-0.25, -0.2) is 4.79 Å². The van der Waals surface area contributed by atoms with Gasteiger partial charge in [0, 0.05) is 12.0 Å². The first-order chi connectivity index (χ1) is 9.85. The van der Waals surface area contributed by atoms with Gasteiger partial charge in [0.05, 0.1) is 6.61 Å². The lowest BCUT2D eigenvalue weighted by molar-refractivity contribution is -0.135. The van der Waals surface area contributed by atoms with Crippen LogP contribution in [0, 0.1) is 6.92 Å². The van der Waals surface area contributed by atoms with E-state index in [1.807, 2.05) is 13.0 Å². The minimum Gasteiger partial charge on any atom is -0.461 e. The minimum absolute atomic E-state index is 0.0443. The maximum Gasteiger partial charge on any atom is 0.354 e. The highest BCUT2D eigenvalue weighted by Gasteiger charge is 2.43. The first-order valence-corrected chi connectivity index (χ1v) is 6.73. The van der Waals surface area contributed by atoms with Crippen molar-refractivity contribution in [1.82, 2.24) is 5.01 Å². The van der Waals surface area contributed by atoms with Crippen molar-refractivity contribution in [2.24, 2.45) is 5.10 Å². The lowest BCUT2D eigenvalue weighted by atomic mass is 10.1. The van der Waals surface area contributed by atoms with E-state index in [4.69, 9.17) is 4.74 Å². The predicted molar refractivity (Wildman–Crippen MR) is 76.7 cm³/mol. The van der Waals surface area contributed by atoms with Gasteiger partial charge in [0.25, 0.3) is 5.91 Å². The molecule has 0 aromatic heterocycles. The first kappa shape index (κ1) is 15.2. The average Bonchev–Trinajstić information content (AvgIpc) is 2.74. The van der Waals surface area contributed by atoms with E-state index >= 15 is 0 Å². The van der Waals surface area contributed by atoms with E-state index in [-0.39, 0.29) is 18.7 Å². The van der Waals surface area contributed by atoms with E-state index in [9.17, 15) is 14.7 Å². The molecule has 0 bridgehead atoms. The summed E-state index contributed by atoms with van der Waals surface area (Å²) in [6.07, 6.45) is -0.0522. The molecule has 0 spiro atoms. The standard InChI is InChI=1S/C15H18N2O4/c1-4-21-14(19)12-9-15(3,20)17(16-12)13(18)11-7-5-6-10(2)8-11/h5-8,20H,4,9H2,1-3H3. The molecule has 1 heterocycles. The van der Waals surface area contributed by atoms with Gasteiger partial charge in [0.15, 0.2) is 11.4 Å². The van der Waals surface area contributed by atoms with Crippen LogP contribution in [0.1, 0.15) is 36.2 Å². The van der Waals surface area contributed by atoms with E-state index in [2.05, 4.69) is 5.10 Å². The van der Waals surface area contributed by atoms with Gasteiger partial charge in [-0.05, 0) is 32.9 Å². The zero-order valence-corrected chi connectivity index (χ0v) is 12.3. The van der Waals surface area contributed by atoms with E-state index in [0.717, 1.165) is 10.6 Å². The van der Waals surface area contributed by atoms with Gasteiger partial charge in [-0.15, -0.1) is 0 Å². The Balaban J connectivity index is 2.29. The Labute approximate surface area is 123 Å². The van der Waals surface area contributed by atoms with Crippen molar-refractivity contribution < 1.29 is 19.4 Å². The highest BCUT2D eigenvalue weighted by Crippen LogP contribution is 2.27. The molecular weight excluding hydrogens is 272 g/mol. The second kappa shape index (κ2) is 5.65. The molecular formula is C15H18N2O4. The van der Waals surface area contributed by atoms with Gasteiger partial charge >= 0.3 is 5.97 Å². The van der Waals surface area contributed by atoms with Crippen molar-refractivity contribution in [2.45, 2.75) is 32.9 Å². The third-order valence-electron chi connectivity index (χ3n) is 3.15. The number of aliphatic hydroxyl groups is 1. The Morgan fingerprint density at radius 3 is 2.81 bits per heavy atom. The fourth-order valence-corrected chi connectivity index (χ4v) is 2.15. The molecule has 0 radical (unpaired) electrons. The number of benzene rings is 1. The Morgan fingerprint density at radius 2 is 2.19 bits per heavy atom. The first-order valence-electron chi connectivity index (χ1n) is 6.73. The molecule has 1 aromatic carbocycles. The summed E-state index contributed by atoms with van der Waals surface area (Å²) < 4.78 is 4.85. The van der Waals surface area contributed by atoms with Gasteiger partial charge in [0.1, 0.15) is 0 Å². The molecule has 1 unspecified atom stereocenters. The molecule has 6 heteroatoms. The summed E-state index contributed by atoms with van der Waals surface area (Å²) in [4.78, 5) is 24.1. The molecule has 112 valence electrons. The molecule has 1 amide bonds. The minimum atomic E-state index is -1.54. The number of hydrogen-bond donors (Lipinski definition) is 1. The fraction of sp³-hybridized carbons (Fsp3) is 0.400. The fourth-order valence-electron chi connectivity index (χ4n) is 2.15. The number of nitrogens with zero attached hydrogens (tertiary/aromatic N) is 2. The number of hydrazone groups is 1. The number of carbonyl (C=O) groups is 2. The number of rotatable bonds is 3. The maximum absolute atomic E-state index is 12.4. The molecule has 1 aromatic rings. The van der Waals surface area contributed by atoms with Gasteiger partial charge in [0.2, 0.25) is 0 Å². The van der Waals surface area contributed by atoms with Crippen LogP contribution in [0.15, 0.2) is 29.4 Å². The molecule has 1 N–H and O–H groups in total. The van der Waals surface area contributed by atoms with Crippen molar-refractivity contribution in [3.05, 3.63) is 35.4 Å². The van der Waals surface area contributed by atoms with Gasteiger partial charge in [-0.2, -0.15) is 10.1 Å². The average molecular weight is 290 g/mol. The Hall–Kier alpha value is -2.21. The number of aryl methyl sites for hydroxylation is 1. The summed E-state index contributed by atoms with van der Waals surface area (Å²) in [6, 6.07) is 6.97. The number of esters is 1. The molecule has 1 aliphatic heterocycles. The summed E-state index contributed by atoms with van der Waals surface area (Å²) >= 11 is 0. The molecule has 6 nitrogen and oxygen atoms in total. The number of hydrogen-bond acceptors (Lipinski definition) is 5. The lowest BCUT2D eigenvalue weighted by Gasteiger charge is -2.26. The van der Waals surface area contributed by atoms with Crippen LogP contribution in [-0.2, 0) is 9.53 Å². The van der Waals surface area contributed by atoms with Crippen molar-refractivity contribution in [3.63, 3.8) is 0 Å². The summed E-state index contributed by atoms with van der Waals surface area (Å²) in [5.74, 6) is -1.07. The van der Waals surface area contributed by atoms with Crippen LogP contribution >= 0.6 is 0 Å². The molecule has 0 fully saturated rings. The normalized spacial score (nSPS) is 21.1. The summed E-state index contributed by atoms with van der Waals surface area (Å²) in [7, 11) is 0. The van der Waals surface area contributed by atoms with Crippen molar-refractivity contribution >= 4 is 17.6 Å². The van der Waals surface area contributed by atoms with Gasteiger partial charge in [-0.3, -0.25) is 4.79 Å². The maximum atomic E-state index is 12.4. The molecule has 2 rings (SSSR count). The second-order valence-electron chi connectivity index (χ2n) is 5.15. The molecule has 0 saturated carbocycles. The van der Waals surface area contributed by atoms with Crippen LogP contribution in [0.25, 0.3) is 0 Å². The molecule has 21 heavy (non-hydrogen) atoms. The van der Waals surface area contributed by atoms with Crippen LogP contribution in [0.5, 0.6) is 0 Å². The Morgan fingerprint density at radius 1 is 1.48 bits per heavy atom. The van der Waals surface area contributed by atoms with Crippen LogP contribution in [-0.4, -0.2) is 40.0 Å². The van der Waals surface area contributed by atoms with Crippen LogP contribution in [0.2, 0.25) is 0 Å². The Bertz CT molecular complexity index is 607. The third kappa shape index (κ3) is 3.11. The number of carbonyl (C=O) groups excluding carboxylic acids is 2.